The monoisotopic (exact) mass is 462 g/mol. The van der Waals surface area contributed by atoms with Crippen LogP contribution in [0, 0.1) is 0 Å². The second-order valence-corrected chi connectivity index (χ2v) is 8.63. The van der Waals surface area contributed by atoms with Gasteiger partial charge in [-0.05, 0) is 34.2 Å². The number of rotatable bonds is 9. The fourth-order valence-corrected chi connectivity index (χ4v) is 3.83. The Labute approximate surface area is 199 Å². The molecule has 1 amide bonds. The average molecular weight is 463 g/mol. The number of phenols is 2. The summed E-state index contributed by atoms with van der Waals surface area (Å²) in [4.78, 5) is 26.2. The Hall–Kier alpha value is -3.84. The van der Waals surface area contributed by atoms with Crippen LogP contribution in [0.15, 0.2) is 66.7 Å². The van der Waals surface area contributed by atoms with Gasteiger partial charge >= 0.3 is 5.97 Å². The normalized spacial score (nSPS) is 11.9. The van der Waals surface area contributed by atoms with E-state index in [0.29, 0.717) is 24.2 Å². The molecular weight excluding hydrogens is 432 g/mol. The summed E-state index contributed by atoms with van der Waals surface area (Å²) in [6.45, 7) is 4.44. The molecule has 4 N–H and O–H groups in total. The van der Waals surface area contributed by atoms with Gasteiger partial charge in [0, 0.05) is 26.2 Å². The van der Waals surface area contributed by atoms with Crippen LogP contribution in [0.2, 0.25) is 0 Å². The molecular formula is C27H30N2O5. The van der Waals surface area contributed by atoms with Gasteiger partial charge in [0.2, 0.25) is 0 Å². The SMILES string of the molecule is CC(C)c1cc(C(=O)N(C)Cc2cccc(CN[C@H](C(=O)O)c3ccccc3)c2)c(O)cc1O. The van der Waals surface area contributed by atoms with Crippen molar-refractivity contribution in [2.45, 2.75) is 38.9 Å². The maximum absolute atomic E-state index is 13.0. The highest BCUT2D eigenvalue weighted by Crippen LogP contribution is 2.33. The molecule has 0 fully saturated rings. The molecule has 0 bridgehead atoms. The summed E-state index contributed by atoms with van der Waals surface area (Å²) >= 11 is 0. The Morgan fingerprint density at radius 3 is 2.24 bits per heavy atom. The lowest BCUT2D eigenvalue weighted by Gasteiger charge is -2.20. The summed E-state index contributed by atoms with van der Waals surface area (Å²) in [5, 5.41) is 32.9. The zero-order valence-corrected chi connectivity index (χ0v) is 19.5. The van der Waals surface area contributed by atoms with Gasteiger partial charge < -0.3 is 20.2 Å². The molecule has 0 spiro atoms. The van der Waals surface area contributed by atoms with E-state index in [0.717, 1.165) is 11.1 Å². The Kier molecular flexibility index (Phi) is 7.91. The van der Waals surface area contributed by atoms with Crippen molar-refractivity contribution in [2.24, 2.45) is 0 Å². The van der Waals surface area contributed by atoms with Crippen LogP contribution in [-0.4, -0.2) is 39.1 Å². The minimum absolute atomic E-state index is 0.00727. The second kappa shape index (κ2) is 10.9. The first-order valence-corrected chi connectivity index (χ1v) is 11.1. The fraction of sp³-hybridized carbons (Fsp3) is 0.259. The van der Waals surface area contributed by atoms with Gasteiger partial charge in [-0.25, -0.2) is 0 Å². The van der Waals surface area contributed by atoms with E-state index < -0.39 is 12.0 Å². The number of phenolic OH excluding ortho intramolecular Hbond substituents is 2. The van der Waals surface area contributed by atoms with Gasteiger partial charge in [-0.1, -0.05) is 68.4 Å². The summed E-state index contributed by atoms with van der Waals surface area (Å²) in [7, 11) is 1.64. The predicted octanol–water partition coefficient (Wildman–Crippen LogP) is 4.41. The van der Waals surface area contributed by atoms with Gasteiger partial charge in [0.1, 0.15) is 17.5 Å². The molecule has 34 heavy (non-hydrogen) atoms. The largest absolute Gasteiger partial charge is 0.508 e. The molecule has 7 heteroatoms. The van der Waals surface area contributed by atoms with Crippen molar-refractivity contribution in [2.75, 3.05) is 7.05 Å². The van der Waals surface area contributed by atoms with Crippen molar-refractivity contribution in [3.8, 4) is 11.5 Å². The summed E-state index contributed by atoms with van der Waals surface area (Å²) in [6, 6.07) is 18.4. The van der Waals surface area contributed by atoms with Crippen LogP contribution in [-0.2, 0) is 17.9 Å². The van der Waals surface area contributed by atoms with Gasteiger partial charge in [-0.2, -0.15) is 0 Å². The van der Waals surface area contributed by atoms with E-state index in [1.807, 2.05) is 44.2 Å². The van der Waals surface area contributed by atoms with Crippen molar-refractivity contribution >= 4 is 11.9 Å². The number of amides is 1. The minimum Gasteiger partial charge on any atom is -0.508 e. The zero-order chi connectivity index (χ0) is 24.8. The molecule has 1 atom stereocenters. The van der Waals surface area contributed by atoms with E-state index in [9.17, 15) is 24.9 Å². The lowest BCUT2D eigenvalue weighted by atomic mass is 9.98. The highest BCUT2D eigenvalue weighted by atomic mass is 16.4. The van der Waals surface area contributed by atoms with Gasteiger partial charge in [-0.15, -0.1) is 0 Å². The van der Waals surface area contributed by atoms with Crippen LogP contribution in [0.25, 0.3) is 0 Å². The summed E-state index contributed by atoms with van der Waals surface area (Å²) in [5.41, 5.74) is 3.15. The number of carbonyl (C=O) groups excluding carboxylic acids is 1. The average Bonchev–Trinajstić information content (AvgIpc) is 2.79. The highest BCUT2D eigenvalue weighted by Gasteiger charge is 2.21. The highest BCUT2D eigenvalue weighted by molar-refractivity contribution is 5.97. The Morgan fingerprint density at radius 1 is 0.912 bits per heavy atom. The molecule has 0 unspecified atom stereocenters. The lowest BCUT2D eigenvalue weighted by molar-refractivity contribution is -0.139. The molecule has 0 aliphatic rings. The maximum atomic E-state index is 13.0. The number of benzene rings is 3. The quantitative estimate of drug-likeness (QED) is 0.375. The Bertz CT molecular complexity index is 1160. The standard InChI is InChI=1S/C27H30N2O5/c1-17(2)21-13-22(24(31)14-23(21)30)26(32)29(3)16-19-9-7-8-18(12-19)15-28-25(27(33)34)20-10-5-4-6-11-20/h4-14,17,25,28,30-31H,15-16H2,1-3H3,(H,33,34)/t25-/m0/s1. The number of hydrogen-bond acceptors (Lipinski definition) is 5. The molecule has 0 saturated heterocycles. The molecule has 0 heterocycles. The van der Waals surface area contributed by atoms with Crippen LogP contribution < -0.4 is 5.32 Å². The first-order valence-electron chi connectivity index (χ1n) is 11.1. The van der Waals surface area contributed by atoms with Crippen LogP contribution in [0.5, 0.6) is 11.5 Å². The lowest BCUT2D eigenvalue weighted by Crippen LogP contribution is -2.28. The van der Waals surface area contributed by atoms with E-state index in [2.05, 4.69) is 5.32 Å². The number of carboxylic acid groups (broad SMARTS) is 1. The Morgan fingerprint density at radius 2 is 1.59 bits per heavy atom. The zero-order valence-electron chi connectivity index (χ0n) is 19.5. The van der Waals surface area contributed by atoms with Gasteiger partial charge in [-0.3, -0.25) is 14.9 Å². The minimum atomic E-state index is -0.956. The van der Waals surface area contributed by atoms with E-state index in [-0.39, 0.29) is 28.9 Å². The van der Waals surface area contributed by atoms with Crippen LogP contribution in [0.3, 0.4) is 0 Å². The van der Waals surface area contributed by atoms with Crippen molar-refractivity contribution < 1.29 is 24.9 Å². The van der Waals surface area contributed by atoms with E-state index >= 15 is 0 Å². The van der Waals surface area contributed by atoms with Crippen molar-refractivity contribution in [3.63, 3.8) is 0 Å². The molecule has 0 aliphatic heterocycles. The molecule has 7 nitrogen and oxygen atoms in total. The van der Waals surface area contributed by atoms with E-state index in [1.54, 1.807) is 31.3 Å². The molecule has 3 rings (SSSR count). The topological polar surface area (TPSA) is 110 Å². The third kappa shape index (κ3) is 5.94. The number of nitrogens with one attached hydrogen (secondary N) is 1. The van der Waals surface area contributed by atoms with Gasteiger partial charge in [0.15, 0.2) is 0 Å². The van der Waals surface area contributed by atoms with E-state index in [4.69, 9.17) is 0 Å². The van der Waals surface area contributed by atoms with Crippen molar-refractivity contribution in [3.05, 3.63) is 94.5 Å². The number of aliphatic carboxylic acids is 1. The number of aromatic hydroxyl groups is 2. The molecule has 0 aliphatic carbocycles. The summed E-state index contributed by atoms with van der Waals surface area (Å²) < 4.78 is 0. The second-order valence-electron chi connectivity index (χ2n) is 8.63. The van der Waals surface area contributed by atoms with Crippen molar-refractivity contribution in [1.82, 2.24) is 10.2 Å². The molecule has 3 aromatic rings. The summed E-state index contributed by atoms with van der Waals surface area (Å²) in [6.07, 6.45) is 0. The summed E-state index contributed by atoms with van der Waals surface area (Å²) in [5.74, 6) is -1.63. The first-order chi connectivity index (χ1) is 16.2. The number of carboxylic acids is 1. The van der Waals surface area contributed by atoms with Gasteiger partial charge in [0.25, 0.3) is 5.91 Å². The van der Waals surface area contributed by atoms with Gasteiger partial charge in [0.05, 0.1) is 5.56 Å². The van der Waals surface area contributed by atoms with Crippen LogP contribution in [0.1, 0.15) is 58.4 Å². The maximum Gasteiger partial charge on any atom is 0.325 e. The number of carbonyl (C=O) groups is 2. The predicted molar refractivity (Wildman–Crippen MR) is 130 cm³/mol. The van der Waals surface area contributed by atoms with Crippen molar-refractivity contribution in [1.29, 1.82) is 0 Å². The smallest absolute Gasteiger partial charge is 0.325 e. The molecule has 3 aromatic carbocycles. The van der Waals surface area contributed by atoms with Crippen LogP contribution in [0.4, 0.5) is 0 Å². The molecule has 178 valence electrons. The number of hydrogen-bond donors (Lipinski definition) is 4. The number of nitrogens with zero attached hydrogens (tertiary/aromatic N) is 1. The third-order valence-corrected chi connectivity index (χ3v) is 5.65. The molecule has 0 saturated carbocycles. The van der Waals surface area contributed by atoms with E-state index in [1.165, 1.54) is 17.0 Å². The van der Waals surface area contributed by atoms with Crippen LogP contribution >= 0.6 is 0 Å². The molecule has 0 aromatic heterocycles. The first kappa shape index (κ1) is 24.8. The third-order valence-electron chi connectivity index (χ3n) is 5.65. The molecule has 0 radical (unpaired) electrons. The Balaban J connectivity index is 1.71. The fourth-order valence-electron chi connectivity index (χ4n) is 3.83.